The first kappa shape index (κ1) is 15.8. The predicted octanol–water partition coefficient (Wildman–Crippen LogP) is 0.670. The summed E-state index contributed by atoms with van der Waals surface area (Å²) in [5.41, 5.74) is 0. The van der Waals surface area contributed by atoms with E-state index in [1.807, 2.05) is 0 Å². The predicted molar refractivity (Wildman–Crippen MR) is 60.3 cm³/mol. The van der Waals surface area contributed by atoms with Crippen molar-refractivity contribution in [2.24, 2.45) is 17.8 Å². The second kappa shape index (κ2) is 5.44. The van der Waals surface area contributed by atoms with Crippen LogP contribution in [0.4, 0.5) is 0 Å². The molecule has 6 nitrogen and oxygen atoms in total. The molecule has 0 aromatic rings. The van der Waals surface area contributed by atoms with Crippen molar-refractivity contribution in [3.63, 3.8) is 0 Å². The smallest absolute Gasteiger partial charge is 0.265 e. The molecular weight excluding hydrogens is 256 g/mol. The van der Waals surface area contributed by atoms with E-state index >= 15 is 0 Å². The molecule has 8 heteroatoms. The molecule has 0 saturated heterocycles. The zero-order chi connectivity index (χ0) is 13.1. The first-order chi connectivity index (χ1) is 6.92. The highest BCUT2D eigenvalue weighted by atomic mass is 32.2. The fraction of sp³-hybridized carbons (Fsp3) is 1.00. The van der Waals surface area contributed by atoms with Gasteiger partial charge in [0.1, 0.15) is 0 Å². The highest BCUT2D eigenvalue weighted by molar-refractivity contribution is 7.86. The fourth-order valence-corrected chi connectivity index (χ4v) is 3.82. The summed E-state index contributed by atoms with van der Waals surface area (Å²) < 4.78 is 60.3. The molecule has 98 valence electrons. The normalized spacial score (nSPS) is 17.4. The number of hydrogen-bond acceptors (Lipinski definition) is 4. The molecule has 0 aromatic carbocycles. The Hall–Kier alpha value is -0.180. The standard InChI is InChI=1S/C8H18O6S2/c1-6(2)8(5-16(12,13)14)7(3)4-15(9,10)11/h6-8H,4-5H2,1-3H3,(H,9,10,11)(H,12,13,14). The van der Waals surface area contributed by atoms with Gasteiger partial charge in [-0.1, -0.05) is 20.8 Å². The summed E-state index contributed by atoms with van der Waals surface area (Å²) in [6.45, 7) is 5.00. The molecule has 0 aliphatic heterocycles. The fourth-order valence-electron chi connectivity index (χ4n) is 1.71. The molecule has 0 radical (unpaired) electrons. The van der Waals surface area contributed by atoms with Crippen LogP contribution in [0.25, 0.3) is 0 Å². The number of hydrogen-bond donors (Lipinski definition) is 2. The molecule has 0 heterocycles. The van der Waals surface area contributed by atoms with Gasteiger partial charge in [0.05, 0.1) is 11.5 Å². The van der Waals surface area contributed by atoms with Gasteiger partial charge in [0.15, 0.2) is 0 Å². The Morgan fingerprint density at radius 1 is 0.875 bits per heavy atom. The summed E-state index contributed by atoms with van der Waals surface area (Å²) >= 11 is 0. The van der Waals surface area contributed by atoms with Crippen molar-refractivity contribution in [1.29, 1.82) is 0 Å². The number of rotatable bonds is 6. The maximum Gasteiger partial charge on any atom is 0.265 e. The topological polar surface area (TPSA) is 109 Å². The van der Waals surface area contributed by atoms with E-state index < -0.39 is 43.6 Å². The molecule has 0 aliphatic carbocycles. The summed E-state index contributed by atoms with van der Waals surface area (Å²) in [7, 11) is -8.28. The van der Waals surface area contributed by atoms with Crippen LogP contribution in [0.2, 0.25) is 0 Å². The van der Waals surface area contributed by atoms with E-state index in [2.05, 4.69) is 0 Å². The molecule has 2 atom stereocenters. The van der Waals surface area contributed by atoms with Gasteiger partial charge in [0.2, 0.25) is 0 Å². The van der Waals surface area contributed by atoms with Gasteiger partial charge in [0.25, 0.3) is 20.2 Å². The molecular formula is C8H18O6S2. The van der Waals surface area contributed by atoms with Crippen LogP contribution in [0.5, 0.6) is 0 Å². The van der Waals surface area contributed by atoms with Gasteiger partial charge in [-0.3, -0.25) is 9.11 Å². The van der Waals surface area contributed by atoms with Gasteiger partial charge < -0.3 is 0 Å². The molecule has 0 aliphatic rings. The van der Waals surface area contributed by atoms with Crippen molar-refractivity contribution < 1.29 is 25.9 Å². The summed E-state index contributed by atoms with van der Waals surface area (Å²) in [4.78, 5) is 0. The summed E-state index contributed by atoms with van der Waals surface area (Å²) in [6.07, 6.45) is 0. The van der Waals surface area contributed by atoms with Crippen molar-refractivity contribution in [2.75, 3.05) is 11.5 Å². The van der Waals surface area contributed by atoms with Crippen LogP contribution in [0.15, 0.2) is 0 Å². The molecule has 0 amide bonds. The van der Waals surface area contributed by atoms with Gasteiger partial charge in [-0.15, -0.1) is 0 Å². The Morgan fingerprint density at radius 2 is 1.25 bits per heavy atom. The highest BCUT2D eigenvalue weighted by Gasteiger charge is 2.28. The van der Waals surface area contributed by atoms with E-state index in [9.17, 15) is 16.8 Å². The molecule has 16 heavy (non-hydrogen) atoms. The van der Waals surface area contributed by atoms with E-state index in [1.165, 1.54) is 6.92 Å². The van der Waals surface area contributed by atoms with E-state index in [1.54, 1.807) is 13.8 Å². The summed E-state index contributed by atoms with van der Waals surface area (Å²) in [5.74, 6) is -2.18. The zero-order valence-corrected chi connectivity index (χ0v) is 11.1. The van der Waals surface area contributed by atoms with Crippen LogP contribution in [-0.4, -0.2) is 37.4 Å². The zero-order valence-electron chi connectivity index (χ0n) is 9.49. The van der Waals surface area contributed by atoms with Gasteiger partial charge in [-0.2, -0.15) is 16.8 Å². The lowest BCUT2D eigenvalue weighted by molar-refractivity contribution is 0.307. The van der Waals surface area contributed by atoms with Crippen LogP contribution in [0.3, 0.4) is 0 Å². The van der Waals surface area contributed by atoms with Crippen LogP contribution < -0.4 is 0 Å². The summed E-state index contributed by atoms with van der Waals surface area (Å²) in [6, 6.07) is 0. The third kappa shape index (κ3) is 7.15. The molecule has 0 aromatic heterocycles. The van der Waals surface area contributed by atoms with E-state index in [-0.39, 0.29) is 5.92 Å². The van der Waals surface area contributed by atoms with Crippen LogP contribution in [-0.2, 0) is 20.2 Å². The third-order valence-electron chi connectivity index (χ3n) is 2.46. The maximum absolute atomic E-state index is 10.8. The van der Waals surface area contributed by atoms with Crippen molar-refractivity contribution in [3.8, 4) is 0 Å². The Bertz CT molecular complexity index is 408. The Kier molecular flexibility index (Phi) is 5.37. The minimum Gasteiger partial charge on any atom is -0.286 e. The van der Waals surface area contributed by atoms with E-state index in [0.29, 0.717) is 0 Å². The van der Waals surface area contributed by atoms with Crippen molar-refractivity contribution >= 4 is 20.2 Å². The van der Waals surface area contributed by atoms with Crippen LogP contribution in [0.1, 0.15) is 20.8 Å². The maximum atomic E-state index is 10.8. The lowest BCUT2D eigenvalue weighted by atomic mass is 9.87. The molecule has 0 fully saturated rings. The lowest BCUT2D eigenvalue weighted by Crippen LogP contribution is -2.30. The first-order valence-corrected chi connectivity index (χ1v) is 8.04. The minimum absolute atomic E-state index is 0.112. The van der Waals surface area contributed by atoms with Gasteiger partial charge in [-0.05, 0) is 17.8 Å². The molecule has 2 N–H and O–H groups in total. The SMILES string of the molecule is CC(C)C(CS(=O)(=O)O)C(C)CS(=O)(=O)O. The van der Waals surface area contributed by atoms with Crippen LogP contribution >= 0.6 is 0 Å². The van der Waals surface area contributed by atoms with E-state index in [4.69, 9.17) is 9.11 Å². The Labute approximate surface area is 96.6 Å². The largest absolute Gasteiger partial charge is 0.286 e. The average molecular weight is 274 g/mol. The molecule has 0 saturated carbocycles. The lowest BCUT2D eigenvalue weighted by Gasteiger charge is -2.25. The van der Waals surface area contributed by atoms with Crippen molar-refractivity contribution in [2.45, 2.75) is 20.8 Å². The average Bonchev–Trinajstić information content (AvgIpc) is 1.94. The highest BCUT2D eigenvalue weighted by Crippen LogP contribution is 2.23. The van der Waals surface area contributed by atoms with E-state index in [0.717, 1.165) is 0 Å². The van der Waals surface area contributed by atoms with Crippen molar-refractivity contribution in [1.82, 2.24) is 0 Å². The van der Waals surface area contributed by atoms with Gasteiger partial charge in [-0.25, -0.2) is 0 Å². The van der Waals surface area contributed by atoms with Crippen molar-refractivity contribution in [3.05, 3.63) is 0 Å². The molecule has 0 rings (SSSR count). The summed E-state index contributed by atoms with van der Waals surface area (Å²) in [5, 5.41) is 0. The quantitative estimate of drug-likeness (QED) is 0.689. The van der Waals surface area contributed by atoms with Crippen LogP contribution in [0, 0.1) is 17.8 Å². The molecule has 2 unspecified atom stereocenters. The third-order valence-corrected chi connectivity index (χ3v) is 4.22. The Balaban J connectivity index is 4.80. The molecule has 0 bridgehead atoms. The second-order valence-electron chi connectivity index (χ2n) is 4.38. The van der Waals surface area contributed by atoms with Gasteiger partial charge >= 0.3 is 0 Å². The Morgan fingerprint density at radius 3 is 1.50 bits per heavy atom. The minimum atomic E-state index is -4.15. The monoisotopic (exact) mass is 274 g/mol. The second-order valence-corrected chi connectivity index (χ2v) is 7.38. The first-order valence-electron chi connectivity index (χ1n) is 4.82. The van der Waals surface area contributed by atoms with Gasteiger partial charge in [0, 0.05) is 0 Å². The molecule has 0 spiro atoms.